The smallest absolute Gasteiger partial charge is 0.250 e. The average molecular weight is 365 g/mol. The van der Waals surface area contributed by atoms with Crippen molar-refractivity contribution in [2.24, 2.45) is 0 Å². The Hall–Kier alpha value is -2.80. The molecule has 2 aliphatic rings. The molecule has 0 radical (unpaired) electrons. The second-order valence-corrected chi connectivity index (χ2v) is 7.48. The van der Waals surface area contributed by atoms with Crippen LogP contribution in [0.1, 0.15) is 27.6 Å². The van der Waals surface area contributed by atoms with E-state index in [0.717, 1.165) is 22.6 Å². The molecule has 0 aliphatic carbocycles. The van der Waals surface area contributed by atoms with Gasteiger partial charge in [-0.25, -0.2) is 4.98 Å². The van der Waals surface area contributed by atoms with Gasteiger partial charge < -0.3 is 9.47 Å². The number of benzene rings is 2. The highest BCUT2D eigenvalue weighted by atomic mass is 32.2. The number of hydrogen-bond acceptors (Lipinski definition) is 6. The van der Waals surface area contributed by atoms with E-state index in [4.69, 9.17) is 9.47 Å². The molecule has 0 spiro atoms. The third-order valence-corrected chi connectivity index (χ3v) is 5.70. The molecule has 3 aromatic rings. The Labute approximate surface area is 154 Å². The zero-order valence-electron chi connectivity index (χ0n) is 14.0. The van der Waals surface area contributed by atoms with Gasteiger partial charge in [0.05, 0.1) is 0 Å². The first-order valence-corrected chi connectivity index (χ1v) is 9.19. The number of thioether (sulfide) groups is 1. The van der Waals surface area contributed by atoms with E-state index in [-0.39, 0.29) is 18.0 Å². The number of fused-ring (bicyclic) bond motifs is 2. The Kier molecular flexibility index (Phi) is 3.49. The van der Waals surface area contributed by atoms with Crippen LogP contribution in [0, 0.1) is 6.92 Å². The zero-order chi connectivity index (χ0) is 17.7. The summed E-state index contributed by atoms with van der Waals surface area (Å²) < 4.78 is 12.2. The summed E-state index contributed by atoms with van der Waals surface area (Å²) in [4.78, 5) is 17.2. The maximum atomic E-state index is 12.6. The Bertz CT molecular complexity index is 1010. The molecule has 0 bridgehead atoms. The normalized spacial score (nSPS) is 18.0. The lowest BCUT2D eigenvalue weighted by Gasteiger charge is -2.20. The van der Waals surface area contributed by atoms with Gasteiger partial charge in [0.15, 0.2) is 22.5 Å². The van der Waals surface area contributed by atoms with Crippen molar-refractivity contribution in [1.82, 2.24) is 14.8 Å². The van der Waals surface area contributed by atoms with Crippen molar-refractivity contribution >= 4 is 17.7 Å². The maximum absolute atomic E-state index is 12.6. The maximum Gasteiger partial charge on any atom is 0.250 e. The summed E-state index contributed by atoms with van der Waals surface area (Å²) in [5, 5.41) is 5.02. The first-order chi connectivity index (χ1) is 12.7. The monoisotopic (exact) mass is 365 g/mol. The number of hydrogen-bond donors (Lipinski definition) is 0. The third-order valence-electron chi connectivity index (χ3n) is 4.50. The van der Waals surface area contributed by atoms with Crippen LogP contribution >= 0.6 is 11.8 Å². The number of rotatable bonds is 2. The largest absolute Gasteiger partial charge is 0.454 e. The molecule has 1 aromatic heterocycles. The van der Waals surface area contributed by atoms with E-state index < -0.39 is 0 Å². The van der Waals surface area contributed by atoms with E-state index in [9.17, 15) is 4.79 Å². The van der Waals surface area contributed by atoms with Crippen molar-refractivity contribution in [2.45, 2.75) is 23.8 Å². The van der Waals surface area contributed by atoms with Crippen LogP contribution in [-0.2, 0) is 0 Å². The molecule has 6 nitrogen and oxygen atoms in total. The van der Waals surface area contributed by atoms with Gasteiger partial charge in [-0.1, -0.05) is 47.7 Å². The van der Waals surface area contributed by atoms with Crippen LogP contribution in [0.25, 0.3) is 11.4 Å². The molecule has 3 heterocycles. The molecule has 0 saturated heterocycles. The minimum Gasteiger partial charge on any atom is -0.454 e. The standard InChI is InChI=1S/C19H15N3O3S/c1-11-2-4-12(5-3-11)18-20-19-22(21-18)17(23)9-16(26-19)13-6-7-14-15(8-13)25-10-24-14/h2-8,16H,9-10H2,1H3. The lowest BCUT2D eigenvalue weighted by atomic mass is 10.1. The van der Waals surface area contributed by atoms with Crippen LogP contribution in [0.15, 0.2) is 47.6 Å². The van der Waals surface area contributed by atoms with Gasteiger partial charge in [-0.3, -0.25) is 4.79 Å². The molecule has 1 atom stereocenters. The molecule has 5 rings (SSSR count). The van der Waals surface area contributed by atoms with E-state index in [1.165, 1.54) is 10.2 Å². The zero-order valence-corrected chi connectivity index (χ0v) is 14.8. The van der Waals surface area contributed by atoms with Gasteiger partial charge in [0.2, 0.25) is 6.79 Å². The predicted octanol–water partition coefficient (Wildman–Crippen LogP) is 3.86. The number of carbonyl (C=O) groups is 1. The summed E-state index contributed by atoms with van der Waals surface area (Å²) >= 11 is 1.55. The van der Waals surface area contributed by atoms with Crippen molar-refractivity contribution < 1.29 is 14.3 Å². The van der Waals surface area contributed by atoms with Crippen molar-refractivity contribution in [3.05, 3.63) is 53.6 Å². The molecule has 0 N–H and O–H groups in total. The van der Waals surface area contributed by atoms with Gasteiger partial charge in [-0.2, -0.15) is 4.68 Å². The minimum atomic E-state index is -0.0488. The molecule has 2 aromatic carbocycles. The molecule has 1 unspecified atom stereocenters. The second-order valence-electron chi connectivity index (χ2n) is 6.31. The molecule has 130 valence electrons. The number of aryl methyl sites for hydroxylation is 1. The number of nitrogens with zero attached hydrogens (tertiary/aromatic N) is 3. The van der Waals surface area contributed by atoms with E-state index in [1.807, 2.05) is 49.4 Å². The summed E-state index contributed by atoms with van der Waals surface area (Å²) in [6.07, 6.45) is 0.369. The molecule has 0 amide bonds. The Morgan fingerprint density at radius 3 is 2.77 bits per heavy atom. The lowest BCUT2D eigenvalue weighted by molar-refractivity contribution is 0.0868. The van der Waals surface area contributed by atoms with Crippen LogP contribution in [0.5, 0.6) is 11.5 Å². The highest BCUT2D eigenvalue weighted by Crippen LogP contribution is 2.44. The van der Waals surface area contributed by atoms with Crippen molar-refractivity contribution in [2.75, 3.05) is 6.79 Å². The Balaban J connectivity index is 1.47. The minimum absolute atomic E-state index is 0.0143. The molecular formula is C19H15N3O3S. The van der Waals surface area contributed by atoms with Gasteiger partial charge in [0, 0.05) is 17.2 Å². The molecule has 26 heavy (non-hydrogen) atoms. The first-order valence-electron chi connectivity index (χ1n) is 8.31. The van der Waals surface area contributed by atoms with Crippen LogP contribution < -0.4 is 9.47 Å². The summed E-state index contributed by atoms with van der Waals surface area (Å²) in [6, 6.07) is 13.8. The molecular weight excluding hydrogens is 350 g/mol. The van der Waals surface area contributed by atoms with Crippen LogP contribution in [-0.4, -0.2) is 27.5 Å². The Morgan fingerprint density at radius 1 is 1.12 bits per heavy atom. The number of aromatic nitrogens is 3. The summed E-state index contributed by atoms with van der Waals surface area (Å²) in [6.45, 7) is 2.27. The van der Waals surface area contributed by atoms with E-state index in [2.05, 4.69) is 10.1 Å². The van der Waals surface area contributed by atoms with Crippen molar-refractivity contribution in [1.29, 1.82) is 0 Å². The summed E-state index contributed by atoms with van der Waals surface area (Å²) in [7, 11) is 0. The first kappa shape index (κ1) is 15.5. The molecule has 7 heteroatoms. The topological polar surface area (TPSA) is 66.2 Å². The third kappa shape index (κ3) is 2.55. The molecule has 0 saturated carbocycles. The molecule has 0 fully saturated rings. The predicted molar refractivity (Wildman–Crippen MR) is 96.6 cm³/mol. The van der Waals surface area contributed by atoms with Crippen molar-refractivity contribution in [3.8, 4) is 22.9 Å². The lowest BCUT2D eigenvalue weighted by Crippen LogP contribution is -2.20. The van der Waals surface area contributed by atoms with Gasteiger partial charge in [0.25, 0.3) is 5.91 Å². The van der Waals surface area contributed by atoms with E-state index in [0.29, 0.717) is 17.4 Å². The van der Waals surface area contributed by atoms with Crippen LogP contribution in [0.2, 0.25) is 0 Å². The van der Waals surface area contributed by atoms with E-state index >= 15 is 0 Å². The van der Waals surface area contributed by atoms with Gasteiger partial charge in [-0.05, 0) is 24.6 Å². The summed E-state index contributed by atoms with van der Waals surface area (Å²) in [5.41, 5.74) is 3.11. The molecule has 2 aliphatic heterocycles. The quantitative estimate of drug-likeness (QED) is 0.687. The second kappa shape index (κ2) is 5.88. The fourth-order valence-corrected chi connectivity index (χ4v) is 4.22. The highest BCUT2D eigenvalue weighted by Gasteiger charge is 2.31. The number of ether oxygens (including phenoxy) is 2. The van der Waals surface area contributed by atoms with Crippen molar-refractivity contribution in [3.63, 3.8) is 0 Å². The van der Waals surface area contributed by atoms with Gasteiger partial charge in [-0.15, -0.1) is 5.10 Å². The van der Waals surface area contributed by atoms with Gasteiger partial charge >= 0.3 is 0 Å². The average Bonchev–Trinajstić information content (AvgIpc) is 3.28. The van der Waals surface area contributed by atoms with Crippen LogP contribution in [0.4, 0.5) is 0 Å². The SMILES string of the molecule is Cc1ccc(-c2nc3n(n2)C(=O)CC(c2ccc4c(c2)OCO4)S3)cc1. The van der Waals surface area contributed by atoms with Crippen LogP contribution in [0.3, 0.4) is 0 Å². The fraction of sp³-hybridized carbons (Fsp3) is 0.211. The fourth-order valence-electron chi connectivity index (χ4n) is 3.07. The van der Waals surface area contributed by atoms with E-state index in [1.54, 1.807) is 11.8 Å². The number of carbonyl (C=O) groups excluding carboxylic acids is 1. The highest BCUT2D eigenvalue weighted by molar-refractivity contribution is 7.99. The summed E-state index contributed by atoms with van der Waals surface area (Å²) in [5.74, 6) is 1.99. The Morgan fingerprint density at radius 2 is 1.92 bits per heavy atom. The van der Waals surface area contributed by atoms with Gasteiger partial charge in [0.1, 0.15) is 0 Å².